The van der Waals surface area contributed by atoms with Gasteiger partial charge in [0.15, 0.2) is 11.6 Å². The number of aliphatic carboxylic acids is 1. The van der Waals surface area contributed by atoms with Crippen LogP contribution in [-0.4, -0.2) is 42.1 Å². The average molecular weight is 639 g/mol. The first-order chi connectivity index (χ1) is 19.9. The first-order valence-electron chi connectivity index (χ1n) is 13.7. The fourth-order valence-electron chi connectivity index (χ4n) is 5.49. The second-order valence-electron chi connectivity index (χ2n) is 10.9. The molecule has 0 aromatic heterocycles. The van der Waals surface area contributed by atoms with Crippen molar-refractivity contribution in [2.45, 2.75) is 68.4 Å². The van der Waals surface area contributed by atoms with Gasteiger partial charge in [-0.3, -0.25) is 14.4 Å². The zero-order valence-corrected chi connectivity index (χ0v) is 23.9. The standard InChI is InChI=1S/C28H32F6N2O6S/c1-41-24-15-22(29)25(42-18-11-9-16(10-12-18)28(39)40)14-21(24)27(38)36-23-8-3-2-7-20(23)26(37)35-17-5-4-6-19(13-17)43(30,31,32,33)34/h4-6,13-16,18,20,23H,2-3,7-12H2,1H3,(H,35,37)(H,36,38)(H,39,40). The predicted molar refractivity (Wildman–Crippen MR) is 147 cm³/mol. The van der Waals surface area contributed by atoms with Crippen LogP contribution in [0.15, 0.2) is 41.3 Å². The third kappa shape index (κ3) is 8.06. The topological polar surface area (TPSA) is 114 Å². The van der Waals surface area contributed by atoms with E-state index >= 15 is 0 Å². The van der Waals surface area contributed by atoms with E-state index < -0.39 is 68.4 Å². The van der Waals surface area contributed by atoms with E-state index in [1.807, 2.05) is 0 Å². The lowest BCUT2D eigenvalue weighted by Crippen LogP contribution is -2.46. The third-order valence-electron chi connectivity index (χ3n) is 7.78. The van der Waals surface area contributed by atoms with Gasteiger partial charge in [0.25, 0.3) is 5.91 Å². The molecule has 2 saturated carbocycles. The summed E-state index contributed by atoms with van der Waals surface area (Å²) in [5, 5.41) is 14.2. The first-order valence-corrected chi connectivity index (χ1v) is 15.6. The Morgan fingerprint density at radius 2 is 1.58 bits per heavy atom. The molecule has 0 bridgehead atoms. The molecule has 2 aromatic carbocycles. The highest BCUT2D eigenvalue weighted by molar-refractivity contribution is 8.45. The molecule has 2 unspecified atom stereocenters. The van der Waals surface area contributed by atoms with Gasteiger partial charge in [0.05, 0.1) is 30.6 Å². The molecule has 0 spiro atoms. The molecule has 0 saturated heterocycles. The monoisotopic (exact) mass is 638 g/mol. The lowest BCUT2D eigenvalue weighted by atomic mass is 9.83. The van der Waals surface area contributed by atoms with Crippen LogP contribution in [0.2, 0.25) is 0 Å². The maximum Gasteiger partial charge on any atom is 0.310 e. The summed E-state index contributed by atoms with van der Waals surface area (Å²) in [6, 6.07) is 3.59. The fourth-order valence-corrected chi connectivity index (χ4v) is 6.18. The van der Waals surface area contributed by atoms with E-state index in [2.05, 4.69) is 10.6 Å². The van der Waals surface area contributed by atoms with Crippen LogP contribution >= 0.6 is 10.2 Å². The molecular weight excluding hydrogens is 606 g/mol. The first kappa shape index (κ1) is 32.3. The highest BCUT2D eigenvalue weighted by atomic mass is 32.5. The Kier molecular flexibility index (Phi) is 8.61. The normalized spacial score (nSPS) is 24.2. The highest BCUT2D eigenvalue weighted by Crippen LogP contribution is 3.02. The second kappa shape index (κ2) is 11.5. The number of anilines is 1. The van der Waals surface area contributed by atoms with Gasteiger partial charge in [0.1, 0.15) is 10.6 Å². The Balaban J connectivity index is 1.48. The van der Waals surface area contributed by atoms with Crippen molar-refractivity contribution in [1.29, 1.82) is 0 Å². The molecule has 2 aromatic rings. The smallest absolute Gasteiger partial charge is 0.310 e. The maximum atomic E-state index is 14.8. The van der Waals surface area contributed by atoms with Gasteiger partial charge >= 0.3 is 16.2 Å². The molecule has 2 aliphatic rings. The lowest BCUT2D eigenvalue weighted by molar-refractivity contribution is -0.143. The third-order valence-corrected chi connectivity index (χ3v) is 8.93. The Hall–Kier alpha value is -3.62. The summed E-state index contributed by atoms with van der Waals surface area (Å²) in [5.74, 6) is -4.91. The summed E-state index contributed by atoms with van der Waals surface area (Å²) in [6.07, 6.45) is 2.85. The fraction of sp³-hybridized carbons (Fsp3) is 0.464. The van der Waals surface area contributed by atoms with Gasteiger partial charge in [-0.25, -0.2) is 4.39 Å². The van der Waals surface area contributed by atoms with Crippen molar-refractivity contribution >= 4 is 33.7 Å². The number of methoxy groups -OCH3 is 1. The summed E-state index contributed by atoms with van der Waals surface area (Å²) in [6.45, 7) is 0. The molecule has 2 aliphatic carbocycles. The minimum Gasteiger partial charge on any atom is -0.496 e. The summed E-state index contributed by atoms with van der Waals surface area (Å²) in [4.78, 5) is 35.5. The Bertz CT molecular complexity index is 1400. The lowest BCUT2D eigenvalue weighted by Gasteiger charge is -2.40. The van der Waals surface area contributed by atoms with Crippen molar-refractivity contribution in [2.75, 3.05) is 12.4 Å². The van der Waals surface area contributed by atoms with E-state index in [1.54, 1.807) is 0 Å². The van der Waals surface area contributed by atoms with Crippen molar-refractivity contribution in [2.24, 2.45) is 11.8 Å². The van der Waals surface area contributed by atoms with E-state index in [1.165, 1.54) is 7.11 Å². The van der Waals surface area contributed by atoms with Gasteiger partial charge in [-0.15, -0.1) is 0 Å². The van der Waals surface area contributed by atoms with E-state index in [0.717, 1.165) is 24.3 Å². The number of nitrogens with one attached hydrogen (secondary N) is 2. The van der Waals surface area contributed by atoms with E-state index in [4.69, 9.17) is 9.47 Å². The molecule has 2 atom stereocenters. The number of rotatable bonds is 9. The van der Waals surface area contributed by atoms with Crippen molar-refractivity contribution in [1.82, 2.24) is 5.32 Å². The molecular formula is C28H32F6N2O6S. The van der Waals surface area contributed by atoms with Crippen LogP contribution < -0.4 is 20.1 Å². The summed E-state index contributed by atoms with van der Waals surface area (Å²) < 4.78 is 92.0. The molecule has 0 aliphatic heterocycles. The number of carbonyl (C=O) groups is 3. The number of carbonyl (C=O) groups excluding carboxylic acids is 2. The summed E-state index contributed by atoms with van der Waals surface area (Å²) in [5.41, 5.74) is -0.558. The molecule has 2 amide bonds. The number of amides is 2. The van der Waals surface area contributed by atoms with Gasteiger partial charge in [0, 0.05) is 17.8 Å². The van der Waals surface area contributed by atoms with Crippen molar-refractivity contribution in [3.8, 4) is 11.5 Å². The van der Waals surface area contributed by atoms with Gasteiger partial charge in [-0.1, -0.05) is 38.3 Å². The van der Waals surface area contributed by atoms with Crippen molar-refractivity contribution in [3.05, 3.63) is 47.8 Å². The minimum atomic E-state index is -9.97. The van der Waals surface area contributed by atoms with Crippen molar-refractivity contribution in [3.63, 3.8) is 0 Å². The van der Waals surface area contributed by atoms with Crippen molar-refractivity contribution < 1.29 is 52.8 Å². The minimum absolute atomic E-state index is 0.0913. The molecule has 15 heteroatoms. The van der Waals surface area contributed by atoms with Gasteiger partial charge in [-0.2, -0.15) is 0 Å². The second-order valence-corrected chi connectivity index (χ2v) is 13.3. The number of halogens is 6. The Morgan fingerprint density at radius 1 is 0.907 bits per heavy atom. The average Bonchev–Trinajstić information content (AvgIpc) is 2.93. The molecule has 8 nitrogen and oxygen atoms in total. The zero-order valence-electron chi connectivity index (χ0n) is 23.1. The van der Waals surface area contributed by atoms with Crippen LogP contribution in [0.25, 0.3) is 0 Å². The number of carboxylic acids is 1. The van der Waals surface area contributed by atoms with Crippen LogP contribution in [0.4, 0.5) is 29.5 Å². The highest BCUT2D eigenvalue weighted by Gasteiger charge is 2.65. The zero-order chi connectivity index (χ0) is 31.6. The Morgan fingerprint density at radius 3 is 2.21 bits per heavy atom. The number of hydrogen-bond donors (Lipinski definition) is 3. The molecule has 0 radical (unpaired) electrons. The number of ether oxygens (including phenoxy) is 2. The molecule has 43 heavy (non-hydrogen) atoms. The van der Waals surface area contributed by atoms with Crippen LogP contribution in [-0.2, 0) is 9.59 Å². The van der Waals surface area contributed by atoms with Gasteiger partial charge in [-0.05, 0) is 62.8 Å². The molecule has 0 heterocycles. The quantitative estimate of drug-likeness (QED) is 0.246. The predicted octanol–water partition coefficient (Wildman–Crippen LogP) is 7.44. The Labute approximate surface area is 243 Å². The van der Waals surface area contributed by atoms with E-state index in [9.17, 15) is 43.3 Å². The number of hydrogen-bond acceptors (Lipinski definition) is 5. The van der Waals surface area contributed by atoms with Crippen LogP contribution in [0.3, 0.4) is 0 Å². The summed E-state index contributed by atoms with van der Waals surface area (Å²) >= 11 is 0. The van der Waals surface area contributed by atoms with Crippen LogP contribution in [0.1, 0.15) is 61.7 Å². The van der Waals surface area contributed by atoms with Gasteiger partial charge in [0.2, 0.25) is 5.91 Å². The van der Waals surface area contributed by atoms with Gasteiger partial charge < -0.3 is 25.2 Å². The van der Waals surface area contributed by atoms with E-state index in [0.29, 0.717) is 44.9 Å². The SMILES string of the molecule is COc1cc(F)c(OC2CCC(C(=O)O)CC2)cc1C(=O)NC1CCCCC1C(=O)Nc1cccc(S(F)(F)(F)(F)F)c1. The number of carboxylic acid groups (broad SMARTS) is 1. The van der Waals surface area contributed by atoms with Crippen LogP contribution in [0.5, 0.6) is 11.5 Å². The summed E-state index contributed by atoms with van der Waals surface area (Å²) in [7, 11) is -8.73. The molecule has 4 rings (SSSR count). The van der Waals surface area contributed by atoms with Crippen LogP contribution in [0, 0.1) is 17.7 Å². The van der Waals surface area contributed by atoms with E-state index in [-0.39, 0.29) is 35.6 Å². The molecule has 238 valence electrons. The maximum absolute atomic E-state index is 14.8. The largest absolute Gasteiger partial charge is 0.496 e. The molecule has 3 N–H and O–H groups in total. The molecule has 2 fully saturated rings. The number of benzene rings is 2.